The van der Waals surface area contributed by atoms with Gasteiger partial charge in [0.2, 0.25) is 5.75 Å². The zero-order valence-electron chi connectivity index (χ0n) is 18.8. The number of esters is 2. The summed E-state index contributed by atoms with van der Waals surface area (Å²) in [6.45, 7) is -0.164. The largest absolute Gasteiger partial charge is 0.491 e. The quantitative estimate of drug-likeness (QED) is 0.403. The molecule has 2 heterocycles. The first-order valence-corrected chi connectivity index (χ1v) is 10.8. The van der Waals surface area contributed by atoms with E-state index in [0.717, 1.165) is 7.11 Å². The molecule has 4 rings (SSSR count). The van der Waals surface area contributed by atoms with Crippen molar-refractivity contribution in [2.75, 3.05) is 20.2 Å². The topological polar surface area (TPSA) is 119 Å². The van der Waals surface area contributed by atoms with Gasteiger partial charge in [0.25, 0.3) is 5.88 Å². The van der Waals surface area contributed by atoms with Gasteiger partial charge >= 0.3 is 11.9 Å². The molecule has 1 N–H and O–H groups in total. The van der Waals surface area contributed by atoms with E-state index in [0.29, 0.717) is 5.56 Å². The third-order valence-corrected chi connectivity index (χ3v) is 5.54. The SMILES string of the molecule is COC(=O)c1nc([C@@H]2C[C@H](F)CN2CC(=O)c2ccccc2)nc(O)c1OC(=O)c1ccccc1. The fraction of sp³-hybridized carbons (Fsp3) is 0.240. The highest BCUT2D eigenvalue weighted by Gasteiger charge is 2.38. The van der Waals surface area contributed by atoms with Crippen molar-refractivity contribution >= 4 is 17.7 Å². The maximum atomic E-state index is 14.4. The minimum Gasteiger partial charge on any atom is -0.491 e. The molecule has 0 bridgehead atoms. The molecule has 0 saturated carbocycles. The van der Waals surface area contributed by atoms with Crippen LogP contribution in [0.2, 0.25) is 0 Å². The van der Waals surface area contributed by atoms with Crippen LogP contribution in [0.5, 0.6) is 11.6 Å². The van der Waals surface area contributed by atoms with E-state index < -0.39 is 41.5 Å². The van der Waals surface area contributed by atoms with Gasteiger partial charge in [-0.2, -0.15) is 4.98 Å². The van der Waals surface area contributed by atoms with E-state index in [1.807, 2.05) is 0 Å². The Hall–Kier alpha value is -4.18. The monoisotopic (exact) mass is 479 g/mol. The molecule has 1 saturated heterocycles. The molecule has 1 aliphatic rings. The fourth-order valence-corrected chi connectivity index (χ4v) is 3.85. The van der Waals surface area contributed by atoms with Crippen LogP contribution in [-0.4, -0.2) is 64.1 Å². The van der Waals surface area contributed by atoms with Gasteiger partial charge in [-0.15, -0.1) is 0 Å². The number of carbonyl (C=O) groups excluding carboxylic acids is 3. The van der Waals surface area contributed by atoms with Crippen molar-refractivity contribution in [3.63, 3.8) is 0 Å². The second kappa shape index (κ2) is 10.4. The number of aromatic nitrogens is 2. The number of ketones is 1. The van der Waals surface area contributed by atoms with Crippen molar-refractivity contribution in [3.8, 4) is 11.6 Å². The van der Waals surface area contributed by atoms with Crippen LogP contribution in [-0.2, 0) is 4.74 Å². The third kappa shape index (κ3) is 5.33. The van der Waals surface area contributed by atoms with Gasteiger partial charge in [-0.1, -0.05) is 48.5 Å². The van der Waals surface area contributed by atoms with Gasteiger partial charge in [0.05, 0.1) is 25.3 Å². The second-order valence-electron chi connectivity index (χ2n) is 7.90. The average Bonchev–Trinajstić information content (AvgIpc) is 3.25. The molecule has 0 spiro atoms. The number of benzene rings is 2. The summed E-state index contributed by atoms with van der Waals surface area (Å²) in [5.74, 6) is -3.50. The Morgan fingerprint density at radius 2 is 1.63 bits per heavy atom. The van der Waals surface area contributed by atoms with Crippen molar-refractivity contribution in [2.24, 2.45) is 0 Å². The number of halogens is 1. The van der Waals surface area contributed by atoms with Crippen LogP contribution >= 0.6 is 0 Å². The molecule has 1 aliphatic heterocycles. The molecular formula is C25H22FN3O6. The molecule has 9 nitrogen and oxygen atoms in total. The summed E-state index contributed by atoms with van der Waals surface area (Å²) in [6.07, 6.45) is -1.32. The lowest BCUT2D eigenvalue weighted by Gasteiger charge is -2.23. The highest BCUT2D eigenvalue weighted by molar-refractivity contribution is 5.97. The highest BCUT2D eigenvalue weighted by atomic mass is 19.1. The second-order valence-corrected chi connectivity index (χ2v) is 7.90. The van der Waals surface area contributed by atoms with E-state index in [-0.39, 0.29) is 36.7 Å². The smallest absolute Gasteiger partial charge is 0.360 e. The van der Waals surface area contributed by atoms with Gasteiger partial charge in [-0.3, -0.25) is 9.69 Å². The lowest BCUT2D eigenvalue weighted by atomic mass is 10.1. The first-order valence-electron chi connectivity index (χ1n) is 10.8. The molecule has 0 aliphatic carbocycles. The number of aromatic hydroxyl groups is 1. The first kappa shape index (κ1) is 24.0. The molecule has 1 fully saturated rings. The summed E-state index contributed by atoms with van der Waals surface area (Å²) in [6, 6.07) is 15.7. The number of ether oxygens (including phenoxy) is 2. The van der Waals surface area contributed by atoms with Crippen LogP contribution in [0, 0.1) is 0 Å². The number of hydrogen-bond donors (Lipinski definition) is 1. The van der Waals surface area contributed by atoms with Crippen molar-refractivity contribution in [1.29, 1.82) is 0 Å². The average molecular weight is 479 g/mol. The van der Waals surface area contributed by atoms with Crippen LogP contribution in [0.25, 0.3) is 0 Å². The van der Waals surface area contributed by atoms with Gasteiger partial charge in [0.15, 0.2) is 17.3 Å². The third-order valence-electron chi connectivity index (χ3n) is 5.54. The first-order chi connectivity index (χ1) is 16.9. The maximum absolute atomic E-state index is 14.4. The molecule has 10 heteroatoms. The lowest BCUT2D eigenvalue weighted by molar-refractivity contribution is 0.0581. The summed E-state index contributed by atoms with van der Waals surface area (Å²) in [7, 11) is 1.10. The Bertz CT molecular complexity index is 1240. The van der Waals surface area contributed by atoms with Gasteiger partial charge in [0, 0.05) is 18.5 Å². The van der Waals surface area contributed by atoms with Crippen LogP contribution in [0.4, 0.5) is 4.39 Å². The van der Waals surface area contributed by atoms with Gasteiger partial charge in [-0.25, -0.2) is 19.0 Å². The number of nitrogens with zero attached hydrogens (tertiary/aromatic N) is 3. The Labute approximate surface area is 200 Å². The van der Waals surface area contributed by atoms with E-state index >= 15 is 0 Å². The molecular weight excluding hydrogens is 457 g/mol. The Balaban J connectivity index is 1.64. The number of likely N-dealkylation sites (tertiary alicyclic amines) is 1. The molecule has 2 atom stereocenters. The minimum absolute atomic E-state index is 0.0499. The maximum Gasteiger partial charge on any atom is 0.360 e. The van der Waals surface area contributed by atoms with E-state index in [4.69, 9.17) is 9.47 Å². The normalized spacial score (nSPS) is 17.7. The predicted octanol–water partition coefficient (Wildman–Crippen LogP) is 3.16. The molecule has 0 unspecified atom stereocenters. The zero-order valence-corrected chi connectivity index (χ0v) is 18.8. The molecule has 35 heavy (non-hydrogen) atoms. The predicted molar refractivity (Wildman–Crippen MR) is 121 cm³/mol. The van der Waals surface area contributed by atoms with E-state index in [1.54, 1.807) is 53.4 Å². The van der Waals surface area contributed by atoms with Crippen molar-refractivity contribution in [1.82, 2.24) is 14.9 Å². The van der Waals surface area contributed by atoms with Crippen LogP contribution in [0.15, 0.2) is 60.7 Å². The highest BCUT2D eigenvalue weighted by Crippen LogP contribution is 2.36. The number of carbonyl (C=O) groups is 3. The number of hydrogen-bond acceptors (Lipinski definition) is 9. The van der Waals surface area contributed by atoms with Crippen molar-refractivity contribution < 1.29 is 33.4 Å². The van der Waals surface area contributed by atoms with E-state index in [2.05, 4.69) is 9.97 Å². The Morgan fingerprint density at radius 3 is 2.26 bits per heavy atom. The van der Waals surface area contributed by atoms with Crippen molar-refractivity contribution in [3.05, 3.63) is 83.3 Å². The van der Waals surface area contributed by atoms with E-state index in [1.165, 1.54) is 12.1 Å². The lowest BCUT2D eigenvalue weighted by Crippen LogP contribution is -2.31. The summed E-state index contributed by atoms with van der Waals surface area (Å²) in [4.78, 5) is 47.3. The minimum atomic E-state index is -1.27. The van der Waals surface area contributed by atoms with E-state index in [9.17, 15) is 23.9 Å². The van der Waals surface area contributed by atoms with Gasteiger partial charge in [-0.05, 0) is 12.1 Å². The molecule has 180 valence electrons. The van der Waals surface area contributed by atoms with Crippen LogP contribution in [0.1, 0.15) is 49.5 Å². The summed E-state index contributed by atoms with van der Waals surface area (Å²) in [5, 5.41) is 10.6. The molecule has 2 aromatic carbocycles. The Morgan fingerprint density at radius 1 is 1.00 bits per heavy atom. The summed E-state index contributed by atoms with van der Waals surface area (Å²) >= 11 is 0. The Kier molecular flexibility index (Phi) is 7.11. The van der Waals surface area contributed by atoms with Gasteiger partial charge < -0.3 is 14.6 Å². The number of rotatable bonds is 7. The fourth-order valence-electron chi connectivity index (χ4n) is 3.85. The summed E-state index contributed by atoms with van der Waals surface area (Å²) < 4.78 is 24.3. The molecule has 1 aromatic heterocycles. The number of methoxy groups -OCH3 is 1. The molecule has 3 aromatic rings. The molecule has 0 radical (unpaired) electrons. The molecule has 0 amide bonds. The summed E-state index contributed by atoms with van der Waals surface area (Å²) in [5.41, 5.74) is 0.153. The van der Waals surface area contributed by atoms with Crippen LogP contribution < -0.4 is 4.74 Å². The number of alkyl halides is 1. The van der Waals surface area contributed by atoms with Crippen molar-refractivity contribution in [2.45, 2.75) is 18.6 Å². The van der Waals surface area contributed by atoms with Crippen LogP contribution in [0.3, 0.4) is 0 Å². The van der Waals surface area contributed by atoms with Gasteiger partial charge in [0.1, 0.15) is 6.17 Å². The standard InChI is InChI=1S/C25H22FN3O6/c1-34-25(33)20-21(35-24(32)16-10-6-3-7-11-16)23(31)28-22(27-20)18-12-17(26)13-29(18)14-19(30)15-8-4-2-5-9-15/h2-11,17-18H,12-14H2,1H3,(H,27,28,31)/t17-,18-/m0/s1. The zero-order chi connectivity index (χ0) is 24.9. The number of Topliss-reactive ketones (excluding diaryl/α,β-unsaturated/α-hetero) is 1.